The van der Waals surface area contributed by atoms with Gasteiger partial charge >= 0.3 is 6.18 Å². The van der Waals surface area contributed by atoms with Crippen molar-refractivity contribution >= 4 is 23.4 Å². The average molecular weight is 495 g/mol. The number of hydrogen-bond acceptors (Lipinski definition) is 5. The molecule has 0 saturated heterocycles. The van der Waals surface area contributed by atoms with Crippen molar-refractivity contribution in [3.05, 3.63) is 100 Å². The lowest BCUT2D eigenvalue weighted by Gasteiger charge is -2.15. The molecular weight excluding hydrogens is 475 g/mol. The quantitative estimate of drug-likeness (QED) is 0.511. The van der Waals surface area contributed by atoms with Crippen molar-refractivity contribution in [2.75, 3.05) is 5.32 Å². The first-order chi connectivity index (χ1) is 17.0. The van der Waals surface area contributed by atoms with E-state index in [4.69, 9.17) is 5.73 Å². The molecule has 1 aliphatic heterocycles. The lowest BCUT2D eigenvalue weighted by atomic mass is 10.0. The largest absolute Gasteiger partial charge is 0.416 e. The Morgan fingerprint density at radius 1 is 1.03 bits per heavy atom. The number of rotatable bonds is 6. The second kappa shape index (κ2) is 9.61. The van der Waals surface area contributed by atoms with Crippen LogP contribution in [0.1, 0.15) is 49.0 Å². The Balaban J connectivity index is 1.45. The molecule has 1 aliphatic rings. The number of amides is 3. The fraction of sp³-hybridized carbons (Fsp3) is 0.160. The zero-order chi connectivity index (χ0) is 26.0. The van der Waals surface area contributed by atoms with E-state index in [-0.39, 0.29) is 23.2 Å². The molecule has 0 fully saturated rings. The maximum atomic E-state index is 13.0. The fourth-order valence-electron chi connectivity index (χ4n) is 3.78. The van der Waals surface area contributed by atoms with E-state index in [1.807, 2.05) is 0 Å². The lowest BCUT2D eigenvalue weighted by molar-refractivity contribution is -0.138. The van der Waals surface area contributed by atoms with Crippen molar-refractivity contribution in [1.82, 2.24) is 5.01 Å². The molecule has 11 heteroatoms. The van der Waals surface area contributed by atoms with Crippen LogP contribution in [0.25, 0.3) is 0 Å². The summed E-state index contributed by atoms with van der Waals surface area (Å²) in [5, 5.41) is 11.5. The standard InChI is InChI=1S/C25H20F3N5O3/c1-14-11-15(9-10-20(14)30-23(35)19-8-3-2-7-18(19)22(29)34)13-33-24(36)21(31-32-33)16-5-4-6-17(12-16)25(26,27)28/h2-12,21H,13H2,1H3,(H2,29,34)(H,30,35). The van der Waals surface area contributed by atoms with E-state index in [9.17, 15) is 27.6 Å². The van der Waals surface area contributed by atoms with Gasteiger partial charge in [0.25, 0.3) is 11.8 Å². The first-order valence-electron chi connectivity index (χ1n) is 10.7. The highest BCUT2D eigenvalue weighted by atomic mass is 19.4. The van der Waals surface area contributed by atoms with Gasteiger partial charge in [-0.3, -0.25) is 14.4 Å². The monoisotopic (exact) mass is 495 g/mol. The summed E-state index contributed by atoms with van der Waals surface area (Å²) >= 11 is 0. The van der Waals surface area contributed by atoms with Crippen LogP contribution < -0.4 is 11.1 Å². The number of carbonyl (C=O) groups is 3. The van der Waals surface area contributed by atoms with Crippen molar-refractivity contribution < 1.29 is 27.6 Å². The highest BCUT2D eigenvalue weighted by Gasteiger charge is 2.35. The zero-order valence-electron chi connectivity index (χ0n) is 18.9. The van der Waals surface area contributed by atoms with E-state index in [1.165, 1.54) is 24.3 Å². The van der Waals surface area contributed by atoms with Crippen LogP contribution in [-0.2, 0) is 17.5 Å². The minimum absolute atomic E-state index is 0.0391. The van der Waals surface area contributed by atoms with Crippen LogP contribution in [-0.4, -0.2) is 22.7 Å². The molecule has 8 nitrogen and oxygen atoms in total. The number of aryl methyl sites for hydroxylation is 1. The molecule has 3 N–H and O–H groups in total. The Morgan fingerprint density at radius 3 is 2.42 bits per heavy atom. The van der Waals surface area contributed by atoms with Crippen molar-refractivity contribution in [1.29, 1.82) is 0 Å². The third kappa shape index (κ3) is 5.09. The summed E-state index contributed by atoms with van der Waals surface area (Å²) in [6.07, 6.45) is -4.54. The van der Waals surface area contributed by atoms with Crippen LogP contribution in [0.3, 0.4) is 0 Å². The summed E-state index contributed by atoms with van der Waals surface area (Å²) in [4.78, 5) is 37.1. The molecule has 0 aromatic heterocycles. The lowest BCUT2D eigenvalue weighted by Crippen LogP contribution is -2.25. The Hall–Kier alpha value is -4.54. The van der Waals surface area contributed by atoms with E-state index in [2.05, 4.69) is 15.7 Å². The molecule has 4 rings (SSSR count). The number of hydrogen-bond donors (Lipinski definition) is 2. The van der Waals surface area contributed by atoms with Gasteiger partial charge in [0, 0.05) is 5.69 Å². The molecule has 0 bridgehead atoms. The third-order valence-corrected chi connectivity index (χ3v) is 5.60. The molecule has 3 aromatic carbocycles. The van der Waals surface area contributed by atoms with Crippen molar-refractivity contribution in [3.8, 4) is 0 Å². The Bertz CT molecular complexity index is 1390. The number of anilines is 1. The highest BCUT2D eigenvalue weighted by molar-refractivity contribution is 6.12. The Kier molecular flexibility index (Phi) is 6.56. The summed E-state index contributed by atoms with van der Waals surface area (Å²) in [5.41, 5.74) is 6.64. The van der Waals surface area contributed by atoms with Gasteiger partial charge < -0.3 is 11.1 Å². The van der Waals surface area contributed by atoms with Crippen LogP contribution in [0.2, 0.25) is 0 Å². The molecule has 0 aliphatic carbocycles. The molecule has 3 aromatic rings. The Labute approximate surface area is 203 Å². The topological polar surface area (TPSA) is 117 Å². The molecule has 1 atom stereocenters. The summed E-state index contributed by atoms with van der Waals surface area (Å²) in [7, 11) is 0. The summed E-state index contributed by atoms with van der Waals surface area (Å²) in [6.45, 7) is 1.79. The van der Waals surface area contributed by atoms with Gasteiger partial charge in [0.15, 0.2) is 6.04 Å². The number of alkyl halides is 3. The summed E-state index contributed by atoms with van der Waals surface area (Å²) in [6, 6.07) is 14.5. The van der Waals surface area contributed by atoms with E-state index in [0.29, 0.717) is 16.8 Å². The normalized spacial score (nSPS) is 15.3. The van der Waals surface area contributed by atoms with E-state index in [0.717, 1.165) is 17.1 Å². The number of carbonyl (C=O) groups excluding carboxylic acids is 3. The maximum absolute atomic E-state index is 13.0. The van der Waals surface area contributed by atoms with Gasteiger partial charge in [-0.1, -0.05) is 41.6 Å². The van der Waals surface area contributed by atoms with E-state index >= 15 is 0 Å². The molecule has 1 heterocycles. The number of nitrogens with one attached hydrogen (secondary N) is 1. The number of benzene rings is 3. The predicted octanol–water partition coefficient (Wildman–Crippen LogP) is 4.82. The van der Waals surface area contributed by atoms with Crippen LogP contribution in [0.4, 0.5) is 18.9 Å². The van der Waals surface area contributed by atoms with Gasteiger partial charge in [0.2, 0.25) is 5.91 Å². The van der Waals surface area contributed by atoms with Gasteiger partial charge in [-0.15, -0.1) is 0 Å². The summed E-state index contributed by atoms with van der Waals surface area (Å²) in [5.74, 6) is -1.78. The molecule has 1 unspecified atom stereocenters. The van der Waals surface area contributed by atoms with Crippen molar-refractivity contribution in [3.63, 3.8) is 0 Å². The summed E-state index contributed by atoms with van der Waals surface area (Å²) < 4.78 is 39.1. The van der Waals surface area contributed by atoms with E-state index < -0.39 is 35.5 Å². The van der Waals surface area contributed by atoms with Crippen LogP contribution >= 0.6 is 0 Å². The molecule has 0 radical (unpaired) electrons. The second-order valence-corrected chi connectivity index (χ2v) is 8.14. The molecule has 3 amide bonds. The number of primary amides is 1. The minimum Gasteiger partial charge on any atom is -0.366 e. The SMILES string of the molecule is Cc1cc(CN2N=NC(c3cccc(C(F)(F)F)c3)C2=O)ccc1NC(=O)c1ccccc1C(N)=O. The average Bonchev–Trinajstić information content (AvgIpc) is 3.20. The van der Waals surface area contributed by atoms with Crippen molar-refractivity contribution in [2.24, 2.45) is 16.1 Å². The van der Waals surface area contributed by atoms with Crippen LogP contribution in [0, 0.1) is 6.92 Å². The zero-order valence-corrected chi connectivity index (χ0v) is 18.9. The minimum atomic E-state index is -4.54. The predicted molar refractivity (Wildman–Crippen MR) is 124 cm³/mol. The van der Waals surface area contributed by atoms with Crippen molar-refractivity contribution in [2.45, 2.75) is 25.7 Å². The third-order valence-electron chi connectivity index (χ3n) is 5.60. The van der Waals surface area contributed by atoms with Gasteiger partial charge in [0.05, 0.1) is 23.2 Å². The second-order valence-electron chi connectivity index (χ2n) is 8.14. The van der Waals surface area contributed by atoms with Gasteiger partial charge in [0.1, 0.15) is 0 Å². The highest BCUT2D eigenvalue weighted by Crippen LogP contribution is 2.34. The first kappa shape index (κ1) is 24.6. The smallest absolute Gasteiger partial charge is 0.366 e. The van der Waals surface area contributed by atoms with Crippen LogP contribution in [0.5, 0.6) is 0 Å². The molecule has 36 heavy (non-hydrogen) atoms. The molecule has 184 valence electrons. The number of nitrogens with two attached hydrogens (primary N) is 1. The number of halogens is 3. The van der Waals surface area contributed by atoms with Gasteiger partial charge in [-0.05, 0) is 53.9 Å². The van der Waals surface area contributed by atoms with Crippen LogP contribution in [0.15, 0.2) is 77.1 Å². The first-order valence-corrected chi connectivity index (χ1v) is 10.7. The van der Waals surface area contributed by atoms with Gasteiger partial charge in [-0.2, -0.15) is 18.3 Å². The molecule has 0 spiro atoms. The fourth-order valence-corrected chi connectivity index (χ4v) is 3.78. The number of nitrogens with zero attached hydrogens (tertiary/aromatic N) is 3. The molecule has 0 saturated carbocycles. The van der Waals surface area contributed by atoms with E-state index in [1.54, 1.807) is 37.3 Å². The maximum Gasteiger partial charge on any atom is 0.416 e. The van der Waals surface area contributed by atoms with Gasteiger partial charge in [-0.25, -0.2) is 5.01 Å². The Morgan fingerprint density at radius 2 is 1.75 bits per heavy atom. The molecular formula is C25H20F3N5O3.